The summed E-state index contributed by atoms with van der Waals surface area (Å²) in [5.74, 6) is 0. The third kappa shape index (κ3) is 1.95. The molecule has 1 fully saturated rings. The van der Waals surface area contributed by atoms with Crippen LogP contribution in [0.15, 0.2) is 18.7 Å². The minimum atomic E-state index is 0.433. The van der Waals surface area contributed by atoms with Gasteiger partial charge < -0.3 is 10.1 Å². The van der Waals surface area contributed by atoms with Gasteiger partial charge in [0.1, 0.15) is 6.33 Å². The minimum Gasteiger partial charge on any atom is -0.381 e. The monoisotopic (exact) mass is 179 g/mol. The molecule has 0 aromatic carbocycles. The molecule has 0 spiro atoms. The molecule has 13 heavy (non-hydrogen) atoms. The third-order valence-electron chi connectivity index (χ3n) is 2.36. The number of methoxy groups -OCH3 is 1. The van der Waals surface area contributed by atoms with Crippen LogP contribution in [-0.4, -0.2) is 29.2 Å². The molecule has 1 heterocycles. The van der Waals surface area contributed by atoms with Gasteiger partial charge in [-0.2, -0.15) is 0 Å². The second kappa shape index (κ2) is 3.70. The highest BCUT2D eigenvalue weighted by atomic mass is 16.5. The number of ether oxygens (including phenoxy) is 1. The SMILES string of the molecule is COC1CC(Nc2cncnc2)C1. The third-order valence-corrected chi connectivity index (χ3v) is 2.36. The van der Waals surface area contributed by atoms with E-state index in [4.69, 9.17) is 4.74 Å². The van der Waals surface area contributed by atoms with Crippen molar-refractivity contribution in [3.05, 3.63) is 18.7 Å². The minimum absolute atomic E-state index is 0.433. The molecule has 4 nitrogen and oxygen atoms in total. The topological polar surface area (TPSA) is 47.0 Å². The van der Waals surface area contributed by atoms with Crippen LogP contribution < -0.4 is 5.32 Å². The van der Waals surface area contributed by atoms with E-state index in [9.17, 15) is 0 Å². The van der Waals surface area contributed by atoms with E-state index in [1.165, 1.54) is 6.33 Å². The summed E-state index contributed by atoms with van der Waals surface area (Å²) in [5, 5.41) is 3.34. The molecule has 0 radical (unpaired) electrons. The highest BCUT2D eigenvalue weighted by molar-refractivity contribution is 5.39. The molecular formula is C9H13N3O. The first-order valence-corrected chi connectivity index (χ1v) is 4.43. The van der Waals surface area contributed by atoms with Crippen molar-refractivity contribution in [2.45, 2.75) is 25.0 Å². The number of nitrogens with one attached hydrogen (secondary N) is 1. The Morgan fingerprint density at radius 3 is 2.69 bits per heavy atom. The fourth-order valence-corrected chi connectivity index (χ4v) is 1.49. The average molecular weight is 179 g/mol. The van der Waals surface area contributed by atoms with Gasteiger partial charge in [0.25, 0.3) is 0 Å². The summed E-state index contributed by atoms with van der Waals surface area (Å²) in [7, 11) is 1.76. The normalized spacial score (nSPS) is 26.5. The maximum atomic E-state index is 5.18. The Morgan fingerprint density at radius 2 is 2.08 bits per heavy atom. The molecular weight excluding hydrogens is 166 g/mol. The maximum absolute atomic E-state index is 5.18. The van der Waals surface area contributed by atoms with Gasteiger partial charge in [-0.3, -0.25) is 0 Å². The van der Waals surface area contributed by atoms with E-state index in [1.54, 1.807) is 19.5 Å². The van der Waals surface area contributed by atoms with Gasteiger partial charge in [0, 0.05) is 13.2 Å². The van der Waals surface area contributed by atoms with Crippen LogP contribution in [0.3, 0.4) is 0 Å². The van der Waals surface area contributed by atoms with Gasteiger partial charge in [0.05, 0.1) is 24.2 Å². The van der Waals surface area contributed by atoms with Gasteiger partial charge >= 0.3 is 0 Å². The molecule has 2 rings (SSSR count). The van der Waals surface area contributed by atoms with Crippen LogP contribution in [-0.2, 0) is 4.74 Å². The molecule has 1 aliphatic carbocycles. The molecule has 0 saturated heterocycles. The van der Waals surface area contributed by atoms with Crippen molar-refractivity contribution in [3.8, 4) is 0 Å². The highest BCUT2D eigenvalue weighted by Gasteiger charge is 2.28. The van der Waals surface area contributed by atoms with Crippen molar-refractivity contribution >= 4 is 5.69 Å². The first-order chi connectivity index (χ1) is 6.38. The number of hydrogen-bond donors (Lipinski definition) is 1. The van der Waals surface area contributed by atoms with Crippen LogP contribution in [0.25, 0.3) is 0 Å². The number of rotatable bonds is 3. The van der Waals surface area contributed by atoms with Crippen LogP contribution in [0.1, 0.15) is 12.8 Å². The molecule has 1 aromatic heterocycles. The quantitative estimate of drug-likeness (QED) is 0.753. The molecule has 0 unspecified atom stereocenters. The summed E-state index contributed by atoms with van der Waals surface area (Å²) >= 11 is 0. The predicted octanol–water partition coefficient (Wildman–Crippen LogP) is 1.07. The maximum Gasteiger partial charge on any atom is 0.115 e. The lowest BCUT2D eigenvalue weighted by Crippen LogP contribution is -2.40. The smallest absolute Gasteiger partial charge is 0.115 e. The van der Waals surface area contributed by atoms with E-state index < -0.39 is 0 Å². The van der Waals surface area contributed by atoms with Crippen LogP contribution in [0.2, 0.25) is 0 Å². The van der Waals surface area contributed by atoms with Crippen LogP contribution in [0, 0.1) is 0 Å². The van der Waals surface area contributed by atoms with Gasteiger partial charge in [-0.1, -0.05) is 0 Å². The summed E-state index contributed by atoms with van der Waals surface area (Å²) in [6.45, 7) is 0. The first-order valence-electron chi connectivity index (χ1n) is 4.43. The summed E-state index contributed by atoms with van der Waals surface area (Å²) in [5.41, 5.74) is 0.988. The molecule has 1 N–H and O–H groups in total. The van der Waals surface area contributed by atoms with Gasteiger partial charge in [0.2, 0.25) is 0 Å². The second-order valence-corrected chi connectivity index (χ2v) is 3.30. The second-order valence-electron chi connectivity index (χ2n) is 3.30. The van der Waals surface area contributed by atoms with Gasteiger partial charge in [-0.25, -0.2) is 9.97 Å². The molecule has 70 valence electrons. The molecule has 1 saturated carbocycles. The fraction of sp³-hybridized carbons (Fsp3) is 0.556. The van der Waals surface area contributed by atoms with E-state index in [1.807, 2.05) is 0 Å². The van der Waals surface area contributed by atoms with E-state index >= 15 is 0 Å². The Balaban J connectivity index is 1.81. The molecule has 4 heteroatoms. The van der Waals surface area contributed by atoms with E-state index in [0.717, 1.165) is 18.5 Å². The average Bonchev–Trinajstić information content (AvgIpc) is 2.12. The van der Waals surface area contributed by atoms with Gasteiger partial charge in [-0.15, -0.1) is 0 Å². The molecule has 0 aliphatic heterocycles. The number of nitrogens with zero attached hydrogens (tertiary/aromatic N) is 2. The van der Waals surface area contributed by atoms with E-state index in [0.29, 0.717) is 12.1 Å². The lowest BCUT2D eigenvalue weighted by molar-refractivity contribution is 0.0328. The summed E-state index contributed by atoms with van der Waals surface area (Å²) < 4.78 is 5.18. The van der Waals surface area contributed by atoms with Crippen molar-refractivity contribution in [2.24, 2.45) is 0 Å². The zero-order valence-electron chi connectivity index (χ0n) is 7.60. The summed E-state index contributed by atoms with van der Waals surface area (Å²) in [4.78, 5) is 7.86. The fourth-order valence-electron chi connectivity index (χ4n) is 1.49. The first kappa shape index (κ1) is 8.44. The van der Waals surface area contributed by atoms with Crippen LogP contribution in [0.4, 0.5) is 5.69 Å². The van der Waals surface area contributed by atoms with Crippen molar-refractivity contribution in [3.63, 3.8) is 0 Å². The Morgan fingerprint density at radius 1 is 1.38 bits per heavy atom. The van der Waals surface area contributed by atoms with Gasteiger partial charge in [-0.05, 0) is 12.8 Å². The van der Waals surface area contributed by atoms with Crippen molar-refractivity contribution in [1.29, 1.82) is 0 Å². The Bertz CT molecular complexity index is 259. The Labute approximate surface area is 77.4 Å². The largest absolute Gasteiger partial charge is 0.381 e. The highest BCUT2D eigenvalue weighted by Crippen LogP contribution is 2.25. The zero-order chi connectivity index (χ0) is 9.10. The Kier molecular flexibility index (Phi) is 2.40. The van der Waals surface area contributed by atoms with Crippen LogP contribution >= 0.6 is 0 Å². The number of anilines is 1. The Hall–Kier alpha value is -1.16. The number of hydrogen-bond acceptors (Lipinski definition) is 4. The molecule has 1 aliphatic rings. The van der Waals surface area contributed by atoms with Crippen molar-refractivity contribution in [2.75, 3.05) is 12.4 Å². The van der Waals surface area contributed by atoms with E-state index in [2.05, 4.69) is 15.3 Å². The van der Waals surface area contributed by atoms with Crippen LogP contribution in [0.5, 0.6) is 0 Å². The van der Waals surface area contributed by atoms with Crippen molar-refractivity contribution in [1.82, 2.24) is 9.97 Å². The van der Waals surface area contributed by atoms with Gasteiger partial charge in [0.15, 0.2) is 0 Å². The summed E-state index contributed by atoms with van der Waals surface area (Å²) in [6.07, 6.45) is 7.68. The standard InChI is InChI=1S/C9H13N3O/c1-13-9-2-7(3-9)12-8-4-10-6-11-5-8/h4-7,9,12H,2-3H2,1H3. The predicted molar refractivity (Wildman–Crippen MR) is 49.5 cm³/mol. The zero-order valence-corrected chi connectivity index (χ0v) is 7.60. The lowest BCUT2D eigenvalue weighted by Gasteiger charge is -2.35. The molecule has 0 bridgehead atoms. The lowest BCUT2D eigenvalue weighted by atomic mass is 9.89. The number of aromatic nitrogens is 2. The molecule has 0 atom stereocenters. The van der Waals surface area contributed by atoms with Crippen molar-refractivity contribution < 1.29 is 4.74 Å². The molecule has 1 aromatic rings. The molecule has 0 amide bonds. The summed E-state index contributed by atoms with van der Waals surface area (Å²) in [6, 6.07) is 0.524. The van der Waals surface area contributed by atoms with E-state index in [-0.39, 0.29) is 0 Å².